The second-order valence-electron chi connectivity index (χ2n) is 9.74. The van der Waals surface area contributed by atoms with Gasteiger partial charge in [-0.1, -0.05) is 109 Å². The Morgan fingerprint density at radius 2 is 1.24 bits per heavy atom. The monoisotopic (exact) mass is 448 g/mol. The Balaban J connectivity index is 1.19. The van der Waals surface area contributed by atoms with Crippen molar-refractivity contribution in [3.8, 4) is 11.4 Å². The number of hydrogen-bond acceptors (Lipinski definition) is 1. The van der Waals surface area contributed by atoms with E-state index in [9.17, 15) is 0 Å². The molecule has 1 N–H and O–H groups in total. The van der Waals surface area contributed by atoms with E-state index < -0.39 is 0 Å². The van der Waals surface area contributed by atoms with Crippen LogP contribution in [-0.2, 0) is 6.54 Å². The maximum atomic E-state index is 4.73. The van der Waals surface area contributed by atoms with Crippen LogP contribution in [0, 0.1) is 0 Å². The van der Waals surface area contributed by atoms with Gasteiger partial charge in [-0.2, -0.15) is 0 Å². The van der Waals surface area contributed by atoms with E-state index in [0.717, 1.165) is 29.0 Å². The number of fused-ring (bicyclic) bond motifs is 1. The molecule has 0 aliphatic rings. The number of para-hydroxylation sites is 2. The van der Waals surface area contributed by atoms with E-state index in [4.69, 9.17) is 4.98 Å². The van der Waals surface area contributed by atoms with Crippen LogP contribution in [0.25, 0.3) is 22.4 Å². The smallest absolute Gasteiger partial charge is 0.179 e. The lowest BCUT2D eigenvalue weighted by Gasteiger charge is -2.03. The molecule has 0 saturated heterocycles. The normalized spacial score (nSPS) is 11.4. The molecule has 3 rings (SSSR count). The zero-order valence-corrected chi connectivity index (χ0v) is 21.0. The van der Waals surface area contributed by atoms with Crippen LogP contribution in [-0.4, -0.2) is 9.97 Å². The molecule has 33 heavy (non-hydrogen) atoms. The van der Waals surface area contributed by atoms with E-state index in [-0.39, 0.29) is 0 Å². The summed E-state index contributed by atoms with van der Waals surface area (Å²) in [5, 5.41) is 0. The first kappa shape index (κ1) is 25.5. The summed E-state index contributed by atoms with van der Waals surface area (Å²) >= 11 is 0. The number of nitrogens with one attached hydrogen (secondary N) is 1. The van der Waals surface area contributed by atoms with Crippen LogP contribution in [0.1, 0.15) is 110 Å². The molecule has 0 atom stereocenters. The van der Waals surface area contributed by atoms with Crippen molar-refractivity contribution < 1.29 is 4.57 Å². The highest BCUT2D eigenvalue weighted by Gasteiger charge is 2.09. The SMILES string of the molecule is CCCCCCCCCCCCCCCCCC[n+]1cccc(-c2nc3ccccc3[nH]2)c1. The predicted molar refractivity (Wildman–Crippen MR) is 141 cm³/mol. The fourth-order valence-corrected chi connectivity index (χ4v) is 4.73. The first-order chi connectivity index (χ1) is 16.4. The molecule has 3 nitrogen and oxygen atoms in total. The van der Waals surface area contributed by atoms with Crippen LogP contribution < -0.4 is 4.57 Å². The van der Waals surface area contributed by atoms with Crippen molar-refractivity contribution >= 4 is 11.0 Å². The van der Waals surface area contributed by atoms with E-state index in [1.807, 2.05) is 12.1 Å². The number of rotatable bonds is 18. The van der Waals surface area contributed by atoms with Crippen molar-refractivity contribution in [3.05, 3.63) is 48.8 Å². The van der Waals surface area contributed by atoms with E-state index in [0.29, 0.717) is 0 Å². The Hall–Kier alpha value is -2.16. The van der Waals surface area contributed by atoms with Gasteiger partial charge >= 0.3 is 0 Å². The molecule has 3 aromatic rings. The predicted octanol–water partition coefficient (Wildman–Crippen LogP) is 8.78. The van der Waals surface area contributed by atoms with Crippen LogP contribution >= 0.6 is 0 Å². The summed E-state index contributed by atoms with van der Waals surface area (Å²) in [6.45, 7) is 3.39. The lowest BCUT2D eigenvalue weighted by atomic mass is 10.0. The first-order valence-electron chi connectivity index (χ1n) is 13.8. The molecular weight excluding hydrogens is 402 g/mol. The van der Waals surface area contributed by atoms with Crippen LogP contribution in [0.4, 0.5) is 0 Å². The Bertz CT molecular complexity index is 865. The van der Waals surface area contributed by atoms with Crippen LogP contribution in [0.15, 0.2) is 48.8 Å². The molecular formula is C30H46N3+. The Morgan fingerprint density at radius 3 is 1.85 bits per heavy atom. The molecule has 0 amide bonds. The van der Waals surface area contributed by atoms with Gasteiger partial charge in [-0.15, -0.1) is 0 Å². The quantitative estimate of drug-likeness (QED) is 0.153. The molecule has 0 aliphatic carbocycles. The minimum atomic E-state index is 0.956. The Morgan fingerprint density at radius 1 is 0.667 bits per heavy atom. The van der Waals surface area contributed by atoms with Gasteiger partial charge in [0.05, 0.1) is 16.6 Å². The molecule has 0 unspecified atom stereocenters. The number of pyridine rings is 1. The number of imidazole rings is 1. The van der Waals surface area contributed by atoms with Gasteiger partial charge in [-0.25, -0.2) is 9.55 Å². The minimum Gasteiger partial charge on any atom is -0.338 e. The Labute approximate surface area is 202 Å². The standard InChI is InChI=1S/C30H46N3/c1-2-3-4-5-6-7-8-9-10-11-12-13-14-15-16-19-24-33-25-20-21-27(26-33)30-31-28-22-17-18-23-29(28)32-30/h17-18,20-23,25-26H,2-16,19,24H2,1H3,(H,31,32)/q+1. The van der Waals surface area contributed by atoms with Crippen molar-refractivity contribution in [1.29, 1.82) is 0 Å². The number of H-pyrrole nitrogens is 1. The third kappa shape index (κ3) is 9.70. The Kier molecular flexibility index (Phi) is 12.1. The van der Waals surface area contributed by atoms with E-state index in [1.165, 1.54) is 103 Å². The van der Waals surface area contributed by atoms with Crippen molar-refractivity contribution in [1.82, 2.24) is 9.97 Å². The summed E-state index contributed by atoms with van der Waals surface area (Å²) in [4.78, 5) is 8.17. The fraction of sp³-hybridized carbons (Fsp3) is 0.600. The highest BCUT2D eigenvalue weighted by Crippen LogP contribution is 2.19. The zero-order valence-electron chi connectivity index (χ0n) is 21.0. The number of benzene rings is 1. The fourth-order valence-electron chi connectivity index (χ4n) is 4.73. The van der Waals surface area contributed by atoms with E-state index in [2.05, 4.69) is 53.1 Å². The third-order valence-corrected chi connectivity index (χ3v) is 6.79. The summed E-state index contributed by atoms with van der Waals surface area (Å²) in [6.07, 6.45) is 27.1. The molecule has 0 bridgehead atoms. The molecule has 0 saturated carbocycles. The van der Waals surface area contributed by atoms with Gasteiger partial charge in [0.25, 0.3) is 0 Å². The summed E-state index contributed by atoms with van der Waals surface area (Å²) in [5.41, 5.74) is 3.28. The first-order valence-corrected chi connectivity index (χ1v) is 13.8. The van der Waals surface area contributed by atoms with Crippen LogP contribution in [0.2, 0.25) is 0 Å². The molecule has 1 aromatic carbocycles. The van der Waals surface area contributed by atoms with Gasteiger partial charge in [-0.3, -0.25) is 0 Å². The van der Waals surface area contributed by atoms with Gasteiger partial charge in [0.2, 0.25) is 0 Å². The number of aromatic amines is 1. The molecule has 2 aromatic heterocycles. The van der Waals surface area contributed by atoms with Crippen LogP contribution in [0.5, 0.6) is 0 Å². The summed E-state index contributed by atoms with van der Waals surface area (Å²) < 4.78 is 2.31. The van der Waals surface area contributed by atoms with Gasteiger partial charge in [0, 0.05) is 12.5 Å². The maximum Gasteiger partial charge on any atom is 0.179 e. The van der Waals surface area contributed by atoms with Crippen molar-refractivity contribution in [2.24, 2.45) is 0 Å². The number of aryl methyl sites for hydroxylation is 1. The summed E-state index contributed by atoms with van der Waals surface area (Å²) in [6, 6.07) is 12.5. The number of unbranched alkanes of at least 4 members (excludes halogenated alkanes) is 15. The molecule has 0 radical (unpaired) electrons. The number of aromatic nitrogens is 3. The molecule has 3 heteroatoms. The highest BCUT2D eigenvalue weighted by atomic mass is 15.0. The molecule has 180 valence electrons. The lowest BCUT2D eigenvalue weighted by molar-refractivity contribution is -0.696. The molecule has 0 spiro atoms. The topological polar surface area (TPSA) is 32.6 Å². The van der Waals surface area contributed by atoms with Crippen molar-refractivity contribution in [2.75, 3.05) is 0 Å². The van der Waals surface area contributed by atoms with Crippen LogP contribution in [0.3, 0.4) is 0 Å². The third-order valence-electron chi connectivity index (χ3n) is 6.79. The second-order valence-corrected chi connectivity index (χ2v) is 9.74. The maximum absolute atomic E-state index is 4.73. The number of hydrogen-bond donors (Lipinski definition) is 1. The largest absolute Gasteiger partial charge is 0.338 e. The van der Waals surface area contributed by atoms with Crippen molar-refractivity contribution in [3.63, 3.8) is 0 Å². The van der Waals surface area contributed by atoms with Crippen molar-refractivity contribution in [2.45, 2.75) is 116 Å². The zero-order chi connectivity index (χ0) is 23.0. The van der Waals surface area contributed by atoms with E-state index >= 15 is 0 Å². The number of nitrogens with zero attached hydrogens (tertiary/aromatic N) is 2. The average Bonchev–Trinajstić information content (AvgIpc) is 3.28. The summed E-state index contributed by atoms with van der Waals surface area (Å²) in [7, 11) is 0. The van der Waals surface area contributed by atoms with Gasteiger partial charge < -0.3 is 4.98 Å². The molecule has 0 aliphatic heterocycles. The van der Waals surface area contributed by atoms with Gasteiger partial charge in [-0.05, 0) is 24.6 Å². The minimum absolute atomic E-state index is 0.956. The average molecular weight is 449 g/mol. The van der Waals surface area contributed by atoms with E-state index in [1.54, 1.807) is 0 Å². The second kappa shape index (κ2) is 15.6. The lowest BCUT2D eigenvalue weighted by Crippen LogP contribution is -2.32. The highest BCUT2D eigenvalue weighted by molar-refractivity contribution is 5.78. The molecule has 2 heterocycles. The van der Waals surface area contributed by atoms with Gasteiger partial charge in [0.15, 0.2) is 12.4 Å². The molecule has 0 fully saturated rings. The van der Waals surface area contributed by atoms with Gasteiger partial charge in [0.1, 0.15) is 12.4 Å². The summed E-state index contributed by atoms with van der Waals surface area (Å²) in [5.74, 6) is 0.956.